The van der Waals surface area contributed by atoms with Gasteiger partial charge in [0, 0.05) is 17.5 Å². The minimum Gasteiger partial charge on any atom is -0.388 e. The molecule has 1 unspecified atom stereocenters. The minimum absolute atomic E-state index is 0.105. The van der Waals surface area contributed by atoms with Crippen LogP contribution in [0.15, 0.2) is 34.9 Å². The molecule has 4 heteroatoms. The zero-order chi connectivity index (χ0) is 14.5. The van der Waals surface area contributed by atoms with E-state index in [-0.39, 0.29) is 11.5 Å². The number of aliphatic hydroxyl groups excluding tert-OH is 1. The van der Waals surface area contributed by atoms with Gasteiger partial charge in [0.2, 0.25) is 0 Å². The lowest BCUT2D eigenvalue weighted by molar-refractivity contribution is 0.0987. The van der Waals surface area contributed by atoms with Crippen molar-refractivity contribution in [3.05, 3.63) is 51.2 Å². The van der Waals surface area contributed by atoms with Gasteiger partial charge in [0.05, 0.1) is 21.3 Å². The molecule has 0 amide bonds. The maximum Gasteiger partial charge on any atom is 0.0812 e. The smallest absolute Gasteiger partial charge is 0.0812 e. The minimum atomic E-state index is -0.382. The van der Waals surface area contributed by atoms with E-state index in [1.807, 2.05) is 30.5 Å². The Morgan fingerprint density at radius 1 is 1.35 bits per heavy atom. The molecule has 1 N–H and O–H groups in total. The Morgan fingerprint density at radius 2 is 2.10 bits per heavy atom. The van der Waals surface area contributed by atoms with Gasteiger partial charge < -0.3 is 9.67 Å². The molecule has 0 saturated heterocycles. The van der Waals surface area contributed by atoms with E-state index in [0.29, 0.717) is 5.02 Å². The summed E-state index contributed by atoms with van der Waals surface area (Å²) >= 11 is 9.75. The Hall–Kier alpha value is -0.770. The van der Waals surface area contributed by atoms with E-state index < -0.39 is 0 Å². The first-order valence-corrected chi connectivity index (χ1v) is 7.89. The number of nitrogens with zero attached hydrogens (tertiary/aromatic N) is 1. The van der Waals surface area contributed by atoms with Crippen LogP contribution in [0.1, 0.15) is 37.6 Å². The van der Waals surface area contributed by atoms with Crippen molar-refractivity contribution in [2.75, 3.05) is 0 Å². The number of rotatable bonds is 1. The highest BCUT2D eigenvalue weighted by Gasteiger charge is 2.33. The quantitative estimate of drug-likeness (QED) is 0.774. The fourth-order valence-electron chi connectivity index (χ4n) is 3.03. The van der Waals surface area contributed by atoms with Crippen LogP contribution in [-0.2, 0) is 6.42 Å². The molecular weight excluding hydrogens is 338 g/mol. The van der Waals surface area contributed by atoms with Crippen molar-refractivity contribution >= 4 is 27.5 Å². The highest BCUT2D eigenvalue weighted by atomic mass is 79.9. The van der Waals surface area contributed by atoms with E-state index in [1.165, 1.54) is 5.69 Å². The summed E-state index contributed by atoms with van der Waals surface area (Å²) in [5, 5.41) is 11.0. The maximum absolute atomic E-state index is 10.3. The van der Waals surface area contributed by atoms with E-state index >= 15 is 0 Å². The second-order valence-corrected chi connectivity index (χ2v) is 7.42. The fraction of sp³-hybridized carbons (Fsp3) is 0.375. The molecule has 1 aliphatic rings. The fourth-order valence-corrected chi connectivity index (χ4v) is 3.66. The standard InChI is InChI=1S/C16H17BrClNO/c1-16(2)8-13-10(14(20)9-16)6-7-19(13)12-5-3-4-11(18)15(12)17/h3-7,14,20H,8-9H2,1-2H3. The molecule has 0 fully saturated rings. The number of hydrogen-bond acceptors (Lipinski definition) is 1. The average molecular weight is 355 g/mol. The van der Waals surface area contributed by atoms with Crippen molar-refractivity contribution in [2.45, 2.75) is 32.8 Å². The summed E-state index contributed by atoms with van der Waals surface area (Å²) in [6.45, 7) is 4.40. The highest BCUT2D eigenvalue weighted by Crippen LogP contribution is 2.42. The molecule has 1 aromatic heterocycles. The molecule has 1 aliphatic carbocycles. The molecule has 2 aromatic rings. The van der Waals surface area contributed by atoms with Gasteiger partial charge in [-0.15, -0.1) is 0 Å². The Labute approximate surface area is 132 Å². The van der Waals surface area contributed by atoms with Gasteiger partial charge in [0.15, 0.2) is 0 Å². The van der Waals surface area contributed by atoms with E-state index in [2.05, 4.69) is 34.3 Å². The van der Waals surface area contributed by atoms with Gasteiger partial charge >= 0.3 is 0 Å². The predicted octanol–water partition coefficient (Wildman–Crippen LogP) is 4.90. The van der Waals surface area contributed by atoms with Crippen molar-refractivity contribution < 1.29 is 5.11 Å². The second-order valence-electron chi connectivity index (χ2n) is 6.22. The third-order valence-electron chi connectivity index (χ3n) is 3.97. The van der Waals surface area contributed by atoms with Crippen LogP contribution in [0, 0.1) is 5.41 Å². The van der Waals surface area contributed by atoms with Crippen LogP contribution in [-0.4, -0.2) is 9.67 Å². The highest BCUT2D eigenvalue weighted by molar-refractivity contribution is 9.10. The molecule has 0 bridgehead atoms. The van der Waals surface area contributed by atoms with Crippen LogP contribution in [0.25, 0.3) is 5.69 Å². The number of aromatic nitrogens is 1. The predicted molar refractivity (Wildman–Crippen MR) is 85.5 cm³/mol. The van der Waals surface area contributed by atoms with Crippen molar-refractivity contribution in [3.8, 4) is 5.69 Å². The molecule has 0 saturated carbocycles. The van der Waals surface area contributed by atoms with E-state index in [0.717, 1.165) is 28.6 Å². The van der Waals surface area contributed by atoms with Gasteiger partial charge in [-0.25, -0.2) is 0 Å². The third kappa shape index (κ3) is 2.32. The Balaban J connectivity index is 2.16. The van der Waals surface area contributed by atoms with Gasteiger partial charge in [0.25, 0.3) is 0 Å². The van der Waals surface area contributed by atoms with Gasteiger partial charge in [-0.1, -0.05) is 31.5 Å². The summed E-state index contributed by atoms with van der Waals surface area (Å²) in [6.07, 6.45) is 3.39. The van der Waals surface area contributed by atoms with Crippen molar-refractivity contribution in [3.63, 3.8) is 0 Å². The molecule has 0 aliphatic heterocycles. The van der Waals surface area contributed by atoms with Gasteiger partial charge in [-0.05, 0) is 52.4 Å². The summed E-state index contributed by atoms with van der Waals surface area (Å²) in [5.74, 6) is 0. The van der Waals surface area contributed by atoms with Crippen LogP contribution in [0.4, 0.5) is 0 Å². The summed E-state index contributed by atoms with van der Waals surface area (Å²) in [5.41, 5.74) is 3.34. The van der Waals surface area contributed by atoms with E-state index in [1.54, 1.807) is 0 Å². The van der Waals surface area contributed by atoms with Crippen LogP contribution in [0.2, 0.25) is 5.02 Å². The number of benzene rings is 1. The largest absolute Gasteiger partial charge is 0.388 e. The van der Waals surface area contributed by atoms with Crippen LogP contribution in [0.3, 0.4) is 0 Å². The van der Waals surface area contributed by atoms with Crippen molar-refractivity contribution in [2.24, 2.45) is 5.41 Å². The third-order valence-corrected chi connectivity index (χ3v) is 5.35. The van der Waals surface area contributed by atoms with Crippen LogP contribution < -0.4 is 0 Å². The molecule has 1 atom stereocenters. The Kier molecular flexibility index (Phi) is 3.47. The molecule has 0 radical (unpaired) electrons. The van der Waals surface area contributed by atoms with Gasteiger partial charge in [-0.3, -0.25) is 0 Å². The number of aliphatic hydroxyl groups is 1. The SMILES string of the molecule is CC1(C)Cc2c(ccn2-c2cccc(Cl)c2Br)C(O)C1. The average Bonchev–Trinajstić information content (AvgIpc) is 2.75. The molecule has 1 heterocycles. The lowest BCUT2D eigenvalue weighted by Gasteiger charge is -2.34. The summed E-state index contributed by atoms with van der Waals surface area (Å²) in [4.78, 5) is 0. The molecule has 2 nitrogen and oxygen atoms in total. The topological polar surface area (TPSA) is 25.2 Å². The summed E-state index contributed by atoms with van der Waals surface area (Å²) in [7, 11) is 0. The molecule has 106 valence electrons. The van der Waals surface area contributed by atoms with Crippen molar-refractivity contribution in [1.29, 1.82) is 0 Å². The Morgan fingerprint density at radius 3 is 2.85 bits per heavy atom. The number of halogens is 2. The molecule has 0 spiro atoms. The molecule has 1 aromatic carbocycles. The maximum atomic E-state index is 10.3. The lowest BCUT2D eigenvalue weighted by Crippen LogP contribution is -2.26. The molecule has 3 rings (SSSR count). The Bertz CT molecular complexity index is 662. The monoisotopic (exact) mass is 353 g/mol. The van der Waals surface area contributed by atoms with Crippen LogP contribution in [0.5, 0.6) is 0 Å². The van der Waals surface area contributed by atoms with Gasteiger partial charge in [-0.2, -0.15) is 0 Å². The zero-order valence-electron chi connectivity index (χ0n) is 11.5. The first-order chi connectivity index (χ1) is 9.39. The first-order valence-electron chi connectivity index (χ1n) is 6.72. The molecular formula is C16H17BrClNO. The summed E-state index contributed by atoms with van der Waals surface area (Å²) in [6, 6.07) is 7.86. The number of fused-ring (bicyclic) bond motifs is 1. The van der Waals surface area contributed by atoms with Gasteiger partial charge in [0.1, 0.15) is 0 Å². The molecule has 20 heavy (non-hydrogen) atoms. The first kappa shape index (κ1) is 14.2. The van der Waals surface area contributed by atoms with E-state index in [9.17, 15) is 5.11 Å². The number of hydrogen-bond donors (Lipinski definition) is 1. The normalized spacial score (nSPS) is 20.8. The van der Waals surface area contributed by atoms with E-state index in [4.69, 9.17) is 11.6 Å². The summed E-state index contributed by atoms with van der Waals surface area (Å²) < 4.78 is 3.02. The second kappa shape index (κ2) is 4.90. The van der Waals surface area contributed by atoms with Crippen molar-refractivity contribution in [1.82, 2.24) is 4.57 Å². The lowest BCUT2D eigenvalue weighted by atomic mass is 9.75. The van der Waals surface area contributed by atoms with Crippen LogP contribution >= 0.6 is 27.5 Å². The zero-order valence-corrected chi connectivity index (χ0v) is 13.9.